The molecular weight excluding hydrogens is 302 g/mol. The first-order valence-electron chi connectivity index (χ1n) is 7.90. The largest absolute Gasteiger partial charge is 0.354 e. The number of hydrogen-bond acceptors (Lipinski definition) is 4. The molecule has 0 radical (unpaired) electrons. The number of nitrogens with one attached hydrogen (secondary N) is 1. The van der Waals surface area contributed by atoms with Crippen molar-refractivity contribution in [3.63, 3.8) is 0 Å². The molecule has 0 bridgehead atoms. The summed E-state index contributed by atoms with van der Waals surface area (Å²) in [6, 6.07) is 20.7. The maximum Gasteiger partial charge on any atom is 0.241 e. The van der Waals surface area contributed by atoms with Crippen molar-refractivity contribution in [1.82, 2.24) is 25.5 Å². The predicted octanol–water partition coefficient (Wildman–Crippen LogP) is 2.01. The molecule has 3 rings (SSSR count). The quantitative estimate of drug-likeness (QED) is 0.722. The van der Waals surface area contributed by atoms with Gasteiger partial charge in [0.2, 0.25) is 5.91 Å². The number of hydrogen-bond donors (Lipinski definition) is 1. The average molecular weight is 321 g/mol. The Balaban J connectivity index is 1.61. The van der Waals surface area contributed by atoms with Crippen LogP contribution in [0.4, 0.5) is 0 Å². The van der Waals surface area contributed by atoms with Gasteiger partial charge in [-0.3, -0.25) is 4.79 Å². The summed E-state index contributed by atoms with van der Waals surface area (Å²) < 4.78 is 1.40. The lowest BCUT2D eigenvalue weighted by Crippen LogP contribution is -2.29. The summed E-state index contributed by atoms with van der Waals surface area (Å²) in [5, 5.41) is 13.7. The van der Waals surface area contributed by atoms with Gasteiger partial charge < -0.3 is 5.32 Å². The second-order valence-electron chi connectivity index (χ2n) is 5.52. The van der Waals surface area contributed by atoms with Crippen molar-refractivity contribution < 1.29 is 4.79 Å². The molecule has 0 saturated carbocycles. The molecule has 24 heavy (non-hydrogen) atoms. The Bertz CT molecular complexity index is 704. The first-order valence-corrected chi connectivity index (χ1v) is 7.90. The molecule has 3 aromatic rings. The Kier molecular flexibility index (Phi) is 5.29. The molecule has 1 N–H and O–H groups in total. The van der Waals surface area contributed by atoms with E-state index in [2.05, 4.69) is 45.1 Å². The fourth-order valence-corrected chi connectivity index (χ4v) is 2.71. The zero-order chi connectivity index (χ0) is 16.6. The SMILES string of the molecule is O=C(Cn1cnnn1)NCCC(c1ccccc1)c1ccccc1. The monoisotopic (exact) mass is 321 g/mol. The molecule has 6 nitrogen and oxygen atoms in total. The van der Waals surface area contributed by atoms with Gasteiger partial charge in [0.05, 0.1) is 0 Å². The maximum absolute atomic E-state index is 11.9. The predicted molar refractivity (Wildman–Crippen MR) is 90.2 cm³/mol. The minimum atomic E-state index is -0.0952. The number of rotatable bonds is 7. The van der Waals surface area contributed by atoms with Crippen LogP contribution in [0.2, 0.25) is 0 Å². The van der Waals surface area contributed by atoms with Crippen molar-refractivity contribution in [3.8, 4) is 0 Å². The van der Waals surface area contributed by atoms with Gasteiger partial charge in [0.1, 0.15) is 12.9 Å². The van der Waals surface area contributed by atoms with Crippen molar-refractivity contribution in [1.29, 1.82) is 0 Å². The van der Waals surface area contributed by atoms with Gasteiger partial charge in [0, 0.05) is 12.5 Å². The molecule has 2 aromatic carbocycles. The first kappa shape index (κ1) is 15.9. The van der Waals surface area contributed by atoms with Gasteiger partial charge in [-0.1, -0.05) is 60.7 Å². The van der Waals surface area contributed by atoms with Crippen molar-refractivity contribution in [2.45, 2.75) is 18.9 Å². The normalized spacial score (nSPS) is 10.7. The average Bonchev–Trinajstić information content (AvgIpc) is 3.13. The summed E-state index contributed by atoms with van der Waals surface area (Å²) in [7, 11) is 0. The summed E-state index contributed by atoms with van der Waals surface area (Å²) in [4.78, 5) is 11.9. The summed E-state index contributed by atoms with van der Waals surface area (Å²) in [5.41, 5.74) is 2.50. The molecule has 0 spiro atoms. The third kappa shape index (κ3) is 4.25. The van der Waals surface area contributed by atoms with E-state index < -0.39 is 0 Å². The number of benzene rings is 2. The lowest BCUT2D eigenvalue weighted by Gasteiger charge is -2.18. The Morgan fingerprint density at radius 2 is 1.62 bits per heavy atom. The topological polar surface area (TPSA) is 72.7 Å². The fraction of sp³-hybridized carbons (Fsp3) is 0.222. The highest BCUT2D eigenvalue weighted by atomic mass is 16.2. The number of nitrogens with zero attached hydrogens (tertiary/aromatic N) is 4. The summed E-state index contributed by atoms with van der Waals surface area (Å²) in [5.74, 6) is 0.155. The Hall–Kier alpha value is -3.02. The summed E-state index contributed by atoms with van der Waals surface area (Å²) >= 11 is 0. The zero-order valence-electron chi connectivity index (χ0n) is 13.2. The Labute approximate surface area is 140 Å². The molecule has 0 atom stereocenters. The molecule has 1 amide bonds. The lowest BCUT2D eigenvalue weighted by atomic mass is 9.88. The highest BCUT2D eigenvalue weighted by Crippen LogP contribution is 2.27. The second kappa shape index (κ2) is 8.01. The van der Waals surface area contributed by atoms with Gasteiger partial charge >= 0.3 is 0 Å². The molecule has 0 aliphatic heterocycles. The van der Waals surface area contributed by atoms with Crippen LogP contribution in [0.1, 0.15) is 23.5 Å². The van der Waals surface area contributed by atoms with E-state index in [0.717, 1.165) is 6.42 Å². The molecule has 0 fully saturated rings. The molecule has 0 aliphatic carbocycles. The number of carbonyl (C=O) groups excluding carboxylic acids is 1. The minimum Gasteiger partial charge on any atom is -0.354 e. The highest BCUT2D eigenvalue weighted by Gasteiger charge is 2.14. The highest BCUT2D eigenvalue weighted by molar-refractivity contribution is 5.75. The molecule has 1 aromatic heterocycles. The van der Waals surface area contributed by atoms with E-state index in [1.807, 2.05) is 36.4 Å². The fourth-order valence-electron chi connectivity index (χ4n) is 2.71. The summed E-state index contributed by atoms with van der Waals surface area (Å²) in [6.07, 6.45) is 2.26. The van der Waals surface area contributed by atoms with E-state index in [1.165, 1.54) is 22.1 Å². The third-order valence-corrected chi connectivity index (χ3v) is 3.86. The number of carbonyl (C=O) groups is 1. The van der Waals surface area contributed by atoms with Crippen LogP contribution in [0.3, 0.4) is 0 Å². The number of aromatic nitrogens is 4. The number of amides is 1. The maximum atomic E-state index is 11.9. The van der Waals surface area contributed by atoms with Gasteiger partial charge in [-0.25, -0.2) is 4.68 Å². The smallest absolute Gasteiger partial charge is 0.241 e. The standard InChI is InChI=1S/C18H19N5O/c24-18(13-23-14-20-21-22-23)19-12-11-17(15-7-3-1-4-8-15)16-9-5-2-6-10-16/h1-10,14,17H,11-13H2,(H,19,24). The molecule has 122 valence electrons. The van der Waals surface area contributed by atoms with Crippen LogP contribution in [-0.4, -0.2) is 32.7 Å². The van der Waals surface area contributed by atoms with Crippen LogP contribution in [-0.2, 0) is 11.3 Å². The van der Waals surface area contributed by atoms with Gasteiger partial charge in [-0.15, -0.1) is 5.10 Å². The van der Waals surface area contributed by atoms with Crippen molar-refractivity contribution in [3.05, 3.63) is 78.1 Å². The van der Waals surface area contributed by atoms with E-state index in [4.69, 9.17) is 0 Å². The minimum absolute atomic E-state index is 0.0952. The van der Waals surface area contributed by atoms with Crippen LogP contribution in [0.25, 0.3) is 0 Å². The van der Waals surface area contributed by atoms with Crippen LogP contribution >= 0.6 is 0 Å². The Morgan fingerprint density at radius 3 is 2.17 bits per heavy atom. The van der Waals surface area contributed by atoms with Gasteiger partial charge in [0.15, 0.2) is 0 Å². The van der Waals surface area contributed by atoms with E-state index in [9.17, 15) is 4.79 Å². The van der Waals surface area contributed by atoms with Crippen LogP contribution in [0, 0.1) is 0 Å². The third-order valence-electron chi connectivity index (χ3n) is 3.86. The van der Waals surface area contributed by atoms with Gasteiger partial charge in [-0.05, 0) is 28.0 Å². The van der Waals surface area contributed by atoms with Crippen molar-refractivity contribution >= 4 is 5.91 Å². The number of tetrazole rings is 1. The summed E-state index contributed by atoms with van der Waals surface area (Å²) in [6.45, 7) is 0.726. The molecule has 0 unspecified atom stereocenters. The second-order valence-corrected chi connectivity index (χ2v) is 5.52. The zero-order valence-corrected chi connectivity index (χ0v) is 13.2. The van der Waals surface area contributed by atoms with E-state index in [-0.39, 0.29) is 18.4 Å². The first-order chi connectivity index (χ1) is 11.8. The van der Waals surface area contributed by atoms with E-state index in [1.54, 1.807) is 0 Å². The van der Waals surface area contributed by atoms with E-state index >= 15 is 0 Å². The Morgan fingerprint density at radius 1 is 1.00 bits per heavy atom. The lowest BCUT2D eigenvalue weighted by molar-refractivity contribution is -0.121. The van der Waals surface area contributed by atoms with Gasteiger partial charge in [0.25, 0.3) is 0 Å². The van der Waals surface area contributed by atoms with Crippen LogP contribution in [0.5, 0.6) is 0 Å². The van der Waals surface area contributed by atoms with Gasteiger partial charge in [-0.2, -0.15) is 0 Å². The van der Waals surface area contributed by atoms with Crippen molar-refractivity contribution in [2.24, 2.45) is 0 Å². The molecule has 1 heterocycles. The van der Waals surface area contributed by atoms with Crippen molar-refractivity contribution in [2.75, 3.05) is 6.54 Å². The molecule has 0 aliphatic rings. The van der Waals surface area contributed by atoms with Crippen LogP contribution in [0.15, 0.2) is 67.0 Å². The van der Waals surface area contributed by atoms with Crippen LogP contribution < -0.4 is 5.32 Å². The van der Waals surface area contributed by atoms with E-state index in [0.29, 0.717) is 6.54 Å². The molecule has 0 saturated heterocycles. The molecule has 6 heteroatoms. The molecular formula is C18H19N5O.